The van der Waals surface area contributed by atoms with E-state index in [0.29, 0.717) is 18.0 Å². The Morgan fingerprint density at radius 2 is 2.00 bits per heavy atom. The van der Waals surface area contributed by atoms with Crippen molar-refractivity contribution in [1.82, 2.24) is 4.57 Å². The van der Waals surface area contributed by atoms with Gasteiger partial charge in [-0.15, -0.1) is 0 Å². The fourth-order valence-electron chi connectivity index (χ4n) is 3.14. The average molecular weight is 405 g/mol. The lowest BCUT2D eigenvalue weighted by molar-refractivity contribution is 0.102. The van der Waals surface area contributed by atoms with E-state index in [1.165, 1.54) is 6.20 Å². The number of rotatable bonds is 2. The Kier molecular flexibility index (Phi) is 3.68. The summed E-state index contributed by atoms with van der Waals surface area (Å²) >= 11 is 3.38. The predicted octanol–water partition coefficient (Wildman–Crippen LogP) is 3.85. The Morgan fingerprint density at radius 3 is 2.76 bits per heavy atom. The van der Waals surface area contributed by atoms with Gasteiger partial charge in [0.1, 0.15) is 17.2 Å². The van der Waals surface area contributed by atoms with Gasteiger partial charge in [0.15, 0.2) is 0 Å². The number of nitrogens with one attached hydrogen (secondary N) is 1. The largest absolute Gasteiger partial charge is 0.346 e. The highest BCUT2D eigenvalue weighted by molar-refractivity contribution is 9.10. The standard InChI is InChI=1S/C18H11BrF2N2O2/c19-10-5-9-3-4-23-8-13(17(24)12(6-10)16(9)23)18(25)22-15-2-1-11(20)7-14(15)21/h1-2,5-8H,3-4H2,(H,22,25). The first-order valence-electron chi connectivity index (χ1n) is 7.56. The van der Waals surface area contributed by atoms with E-state index in [1.807, 2.05) is 10.6 Å². The third kappa shape index (κ3) is 2.64. The number of anilines is 1. The maximum Gasteiger partial charge on any atom is 0.261 e. The second-order valence-electron chi connectivity index (χ2n) is 5.85. The molecule has 7 heteroatoms. The SMILES string of the molecule is O=C(Nc1ccc(F)cc1F)c1cn2c3c(cc(Br)cc3c1=O)CC2. The summed E-state index contributed by atoms with van der Waals surface area (Å²) in [5, 5.41) is 2.78. The number of pyridine rings is 1. The third-order valence-corrected chi connectivity index (χ3v) is 4.72. The Bertz CT molecular complexity index is 1110. The molecule has 1 aliphatic rings. The summed E-state index contributed by atoms with van der Waals surface area (Å²) in [6.45, 7) is 0.660. The van der Waals surface area contributed by atoms with E-state index in [2.05, 4.69) is 21.2 Å². The molecule has 3 aromatic rings. The molecule has 0 unspecified atom stereocenters. The maximum atomic E-state index is 13.7. The van der Waals surface area contributed by atoms with Crippen LogP contribution in [0.1, 0.15) is 15.9 Å². The zero-order valence-corrected chi connectivity index (χ0v) is 14.4. The van der Waals surface area contributed by atoms with Crippen LogP contribution in [0, 0.1) is 11.6 Å². The number of halogens is 3. The van der Waals surface area contributed by atoms with Crippen LogP contribution in [-0.4, -0.2) is 10.5 Å². The third-order valence-electron chi connectivity index (χ3n) is 4.26. The molecule has 0 radical (unpaired) electrons. The van der Waals surface area contributed by atoms with Crippen molar-refractivity contribution in [3.05, 3.63) is 74.0 Å². The molecule has 126 valence electrons. The predicted molar refractivity (Wildman–Crippen MR) is 93.9 cm³/mol. The second kappa shape index (κ2) is 5.77. The minimum Gasteiger partial charge on any atom is -0.346 e. The van der Waals surface area contributed by atoms with Gasteiger partial charge in [-0.3, -0.25) is 9.59 Å². The van der Waals surface area contributed by atoms with Crippen LogP contribution in [0.3, 0.4) is 0 Å². The molecule has 0 atom stereocenters. The zero-order chi connectivity index (χ0) is 17.7. The van der Waals surface area contributed by atoms with E-state index in [0.717, 1.165) is 34.1 Å². The molecule has 25 heavy (non-hydrogen) atoms. The van der Waals surface area contributed by atoms with Crippen molar-refractivity contribution in [3.8, 4) is 0 Å². The highest BCUT2D eigenvalue weighted by Crippen LogP contribution is 2.28. The number of aromatic nitrogens is 1. The molecular weight excluding hydrogens is 394 g/mol. The minimum absolute atomic E-state index is 0.0813. The normalized spacial score (nSPS) is 12.6. The zero-order valence-electron chi connectivity index (χ0n) is 12.8. The van der Waals surface area contributed by atoms with Crippen molar-refractivity contribution in [2.24, 2.45) is 0 Å². The molecule has 1 aliphatic heterocycles. The summed E-state index contributed by atoms with van der Waals surface area (Å²) in [6.07, 6.45) is 2.26. The Hall–Kier alpha value is -2.54. The topological polar surface area (TPSA) is 51.1 Å². The van der Waals surface area contributed by atoms with E-state index < -0.39 is 23.0 Å². The number of carbonyl (C=O) groups is 1. The van der Waals surface area contributed by atoms with Gasteiger partial charge in [0.2, 0.25) is 5.43 Å². The molecule has 4 nitrogen and oxygen atoms in total. The fraction of sp³-hybridized carbons (Fsp3) is 0.111. The first-order valence-corrected chi connectivity index (χ1v) is 8.35. The molecule has 4 rings (SSSR count). The Labute approximate surface area is 149 Å². The molecule has 1 N–H and O–H groups in total. The van der Waals surface area contributed by atoms with E-state index in [9.17, 15) is 18.4 Å². The Morgan fingerprint density at radius 1 is 1.20 bits per heavy atom. The molecule has 0 bridgehead atoms. The molecule has 0 aliphatic carbocycles. The van der Waals surface area contributed by atoms with E-state index in [1.54, 1.807) is 6.07 Å². The fourth-order valence-corrected chi connectivity index (χ4v) is 3.65. The summed E-state index contributed by atoms with van der Waals surface area (Å²) in [5.41, 5.74) is 1.18. The van der Waals surface area contributed by atoms with Crippen LogP contribution >= 0.6 is 15.9 Å². The van der Waals surface area contributed by atoms with Gasteiger partial charge in [-0.1, -0.05) is 15.9 Å². The van der Waals surface area contributed by atoms with Crippen LogP contribution in [0.4, 0.5) is 14.5 Å². The van der Waals surface area contributed by atoms with Crippen LogP contribution in [0.5, 0.6) is 0 Å². The van der Waals surface area contributed by atoms with Gasteiger partial charge in [-0.05, 0) is 36.2 Å². The molecular formula is C18H11BrF2N2O2. The molecule has 0 fully saturated rings. The van der Waals surface area contributed by atoms with Crippen LogP contribution in [0.25, 0.3) is 10.9 Å². The first-order chi connectivity index (χ1) is 11.9. The van der Waals surface area contributed by atoms with E-state index in [-0.39, 0.29) is 11.3 Å². The number of carbonyl (C=O) groups excluding carboxylic acids is 1. The molecule has 0 saturated heterocycles. The highest BCUT2D eigenvalue weighted by Gasteiger charge is 2.22. The van der Waals surface area contributed by atoms with Crippen LogP contribution in [-0.2, 0) is 13.0 Å². The monoisotopic (exact) mass is 404 g/mol. The van der Waals surface area contributed by atoms with Crippen molar-refractivity contribution in [2.45, 2.75) is 13.0 Å². The lowest BCUT2D eigenvalue weighted by Crippen LogP contribution is -2.23. The number of hydrogen-bond donors (Lipinski definition) is 1. The number of aryl methyl sites for hydroxylation is 2. The lowest BCUT2D eigenvalue weighted by atomic mass is 10.1. The lowest BCUT2D eigenvalue weighted by Gasteiger charge is -2.10. The molecule has 0 spiro atoms. The van der Waals surface area contributed by atoms with Gasteiger partial charge < -0.3 is 9.88 Å². The van der Waals surface area contributed by atoms with Crippen molar-refractivity contribution in [1.29, 1.82) is 0 Å². The number of hydrogen-bond acceptors (Lipinski definition) is 2. The minimum atomic E-state index is -0.899. The van der Waals surface area contributed by atoms with Crippen LogP contribution in [0.15, 0.2) is 45.8 Å². The first kappa shape index (κ1) is 16.0. The highest BCUT2D eigenvalue weighted by atomic mass is 79.9. The van der Waals surface area contributed by atoms with Gasteiger partial charge in [0, 0.05) is 28.7 Å². The second-order valence-corrected chi connectivity index (χ2v) is 6.77. The van der Waals surface area contributed by atoms with Crippen LogP contribution in [0.2, 0.25) is 0 Å². The van der Waals surface area contributed by atoms with Crippen molar-refractivity contribution >= 4 is 38.4 Å². The molecule has 2 aromatic carbocycles. The number of nitrogens with zero attached hydrogens (tertiary/aromatic N) is 1. The van der Waals surface area contributed by atoms with Gasteiger partial charge in [-0.2, -0.15) is 0 Å². The number of amides is 1. The molecule has 1 amide bonds. The van der Waals surface area contributed by atoms with Crippen molar-refractivity contribution in [2.75, 3.05) is 5.32 Å². The van der Waals surface area contributed by atoms with Crippen LogP contribution < -0.4 is 10.7 Å². The average Bonchev–Trinajstić information content (AvgIpc) is 2.96. The molecule has 0 saturated carbocycles. The summed E-state index contributed by atoms with van der Waals surface area (Å²) < 4.78 is 29.3. The van der Waals surface area contributed by atoms with Gasteiger partial charge in [0.05, 0.1) is 11.2 Å². The number of benzene rings is 2. The smallest absolute Gasteiger partial charge is 0.261 e. The van der Waals surface area contributed by atoms with Crippen molar-refractivity contribution < 1.29 is 13.6 Å². The van der Waals surface area contributed by atoms with E-state index >= 15 is 0 Å². The summed E-state index contributed by atoms with van der Waals surface area (Å²) in [5.74, 6) is -2.37. The summed E-state index contributed by atoms with van der Waals surface area (Å²) in [7, 11) is 0. The quantitative estimate of drug-likeness (QED) is 0.705. The molecule has 2 heterocycles. The van der Waals surface area contributed by atoms with E-state index in [4.69, 9.17) is 0 Å². The molecule has 1 aromatic heterocycles. The Balaban J connectivity index is 1.81. The maximum absolute atomic E-state index is 13.7. The van der Waals surface area contributed by atoms with Gasteiger partial charge in [-0.25, -0.2) is 8.78 Å². The van der Waals surface area contributed by atoms with Gasteiger partial charge >= 0.3 is 0 Å². The summed E-state index contributed by atoms with van der Waals surface area (Å²) in [6, 6.07) is 6.47. The summed E-state index contributed by atoms with van der Waals surface area (Å²) in [4.78, 5) is 25.2. The van der Waals surface area contributed by atoms with Gasteiger partial charge in [0.25, 0.3) is 5.91 Å². The van der Waals surface area contributed by atoms with Crippen molar-refractivity contribution in [3.63, 3.8) is 0 Å².